The number of ether oxygens (including phenoxy) is 2. The first-order chi connectivity index (χ1) is 15.0. The van der Waals surface area contributed by atoms with Crippen molar-refractivity contribution in [2.45, 2.75) is 19.9 Å². The summed E-state index contributed by atoms with van der Waals surface area (Å²) in [5, 5.41) is 3.39. The largest absolute Gasteiger partial charge is 0.465 e. The fourth-order valence-electron chi connectivity index (χ4n) is 3.84. The summed E-state index contributed by atoms with van der Waals surface area (Å²) in [5.41, 5.74) is 3.39. The van der Waals surface area contributed by atoms with Gasteiger partial charge in [-0.05, 0) is 37.6 Å². The van der Waals surface area contributed by atoms with Crippen LogP contribution in [0.1, 0.15) is 34.5 Å². The fourth-order valence-corrected chi connectivity index (χ4v) is 3.84. The van der Waals surface area contributed by atoms with Gasteiger partial charge in [-0.25, -0.2) is 9.78 Å². The van der Waals surface area contributed by atoms with Crippen molar-refractivity contribution in [3.05, 3.63) is 69.6 Å². The number of nitrogens with one attached hydrogen (secondary N) is 1. The number of hydrogen-bond donors (Lipinski definition) is 1. The summed E-state index contributed by atoms with van der Waals surface area (Å²) in [6.45, 7) is 6.55. The van der Waals surface area contributed by atoms with Gasteiger partial charge in [0.05, 0.1) is 31.9 Å². The Kier molecular flexibility index (Phi) is 5.90. The first kappa shape index (κ1) is 20.9. The Balaban J connectivity index is 1.77. The highest BCUT2D eigenvalue weighted by Gasteiger charge is 2.19. The third-order valence-electron chi connectivity index (χ3n) is 5.42. The van der Waals surface area contributed by atoms with E-state index in [1.54, 1.807) is 28.8 Å². The standard InChI is InChI=1S/C23H26N4O4/c1-15-12-18(16(2)24-19-7-5-4-6-17(19)23(29)30-3)22-25-20(13-21(28)27(22)14-15)26-8-10-31-11-9-26/h4-7,12-14,16,24H,8-11H2,1-3H3/t16-/m0/s1. The van der Waals surface area contributed by atoms with Crippen LogP contribution >= 0.6 is 0 Å². The lowest BCUT2D eigenvalue weighted by molar-refractivity contribution is 0.0602. The Morgan fingerprint density at radius 3 is 2.71 bits per heavy atom. The van der Waals surface area contributed by atoms with E-state index in [-0.39, 0.29) is 11.6 Å². The lowest BCUT2D eigenvalue weighted by atomic mass is 10.1. The lowest BCUT2D eigenvalue weighted by Gasteiger charge is -2.28. The van der Waals surface area contributed by atoms with E-state index >= 15 is 0 Å². The van der Waals surface area contributed by atoms with Gasteiger partial charge in [0.1, 0.15) is 11.5 Å². The lowest BCUT2D eigenvalue weighted by Crippen LogP contribution is -2.37. The number of nitrogens with zero attached hydrogens (tertiary/aromatic N) is 3. The molecule has 8 nitrogen and oxygen atoms in total. The Morgan fingerprint density at radius 2 is 1.97 bits per heavy atom. The van der Waals surface area contributed by atoms with Crippen LogP contribution in [0.25, 0.3) is 5.65 Å². The summed E-state index contributed by atoms with van der Waals surface area (Å²) >= 11 is 0. The van der Waals surface area contributed by atoms with Crippen LogP contribution in [0.4, 0.5) is 11.5 Å². The smallest absolute Gasteiger partial charge is 0.339 e. The fraction of sp³-hybridized carbons (Fsp3) is 0.348. The van der Waals surface area contributed by atoms with Gasteiger partial charge in [0, 0.05) is 36.6 Å². The maximum Gasteiger partial charge on any atom is 0.339 e. The maximum atomic E-state index is 12.9. The second-order valence-electron chi connectivity index (χ2n) is 7.62. The van der Waals surface area contributed by atoms with Crippen molar-refractivity contribution in [2.75, 3.05) is 43.6 Å². The van der Waals surface area contributed by atoms with Crippen LogP contribution in [0.15, 0.2) is 47.4 Å². The number of pyridine rings is 1. The first-order valence-electron chi connectivity index (χ1n) is 10.3. The number of aromatic nitrogens is 2. The van der Waals surface area contributed by atoms with Gasteiger partial charge < -0.3 is 19.7 Å². The quantitative estimate of drug-likeness (QED) is 0.633. The molecule has 31 heavy (non-hydrogen) atoms. The Morgan fingerprint density at radius 1 is 1.23 bits per heavy atom. The van der Waals surface area contributed by atoms with Crippen molar-refractivity contribution in [3.8, 4) is 0 Å². The number of carbonyl (C=O) groups excluding carboxylic acids is 1. The van der Waals surface area contributed by atoms with Crippen LogP contribution in [-0.2, 0) is 9.47 Å². The molecular formula is C23H26N4O4. The molecule has 0 bridgehead atoms. The minimum absolute atomic E-state index is 0.126. The molecule has 8 heteroatoms. The normalized spacial score (nSPS) is 15.0. The van der Waals surface area contributed by atoms with E-state index in [9.17, 15) is 9.59 Å². The molecule has 3 aromatic rings. The van der Waals surface area contributed by atoms with Crippen LogP contribution in [-0.4, -0.2) is 48.8 Å². The zero-order valence-electron chi connectivity index (χ0n) is 17.9. The number of aryl methyl sites for hydroxylation is 1. The van der Waals surface area contributed by atoms with Gasteiger partial charge in [-0.1, -0.05) is 12.1 Å². The maximum absolute atomic E-state index is 12.9. The van der Waals surface area contributed by atoms with Crippen molar-refractivity contribution >= 4 is 23.1 Å². The van der Waals surface area contributed by atoms with Crippen molar-refractivity contribution in [3.63, 3.8) is 0 Å². The van der Waals surface area contributed by atoms with Crippen LogP contribution in [0.2, 0.25) is 0 Å². The molecular weight excluding hydrogens is 396 g/mol. The average Bonchev–Trinajstić information content (AvgIpc) is 2.79. The summed E-state index contributed by atoms with van der Waals surface area (Å²) in [4.78, 5) is 31.9. The highest BCUT2D eigenvalue weighted by Crippen LogP contribution is 2.26. The number of esters is 1. The monoisotopic (exact) mass is 422 g/mol. The number of hydrogen-bond acceptors (Lipinski definition) is 7. The number of fused-ring (bicyclic) bond motifs is 1. The van der Waals surface area contributed by atoms with Crippen LogP contribution in [0.5, 0.6) is 0 Å². The van der Waals surface area contributed by atoms with E-state index in [2.05, 4.69) is 10.2 Å². The molecule has 4 rings (SSSR count). The van der Waals surface area contributed by atoms with Gasteiger partial charge in [0.15, 0.2) is 0 Å². The number of methoxy groups -OCH3 is 1. The molecule has 1 aromatic carbocycles. The van der Waals surface area contributed by atoms with Crippen molar-refractivity contribution < 1.29 is 14.3 Å². The summed E-state index contributed by atoms with van der Waals surface area (Å²) in [6, 6.07) is 10.6. The molecule has 1 N–H and O–H groups in total. The molecule has 0 saturated carbocycles. The minimum Gasteiger partial charge on any atom is -0.465 e. The average molecular weight is 422 g/mol. The van der Waals surface area contributed by atoms with E-state index < -0.39 is 5.97 Å². The number of para-hydroxylation sites is 1. The second-order valence-corrected chi connectivity index (χ2v) is 7.62. The molecule has 3 heterocycles. The zero-order chi connectivity index (χ0) is 22.0. The first-order valence-corrected chi connectivity index (χ1v) is 10.3. The molecule has 0 unspecified atom stereocenters. The molecule has 0 radical (unpaired) electrons. The highest BCUT2D eigenvalue weighted by molar-refractivity contribution is 5.95. The highest BCUT2D eigenvalue weighted by atomic mass is 16.5. The molecule has 162 valence electrons. The summed E-state index contributed by atoms with van der Waals surface area (Å²) in [7, 11) is 1.36. The van der Waals surface area contributed by atoms with E-state index in [1.807, 2.05) is 32.0 Å². The van der Waals surface area contributed by atoms with Crippen LogP contribution in [0.3, 0.4) is 0 Å². The number of carbonyl (C=O) groups is 1. The van der Waals surface area contributed by atoms with Crippen LogP contribution < -0.4 is 15.8 Å². The molecule has 1 aliphatic rings. The Bertz CT molecular complexity index is 1170. The molecule has 0 amide bonds. The zero-order valence-corrected chi connectivity index (χ0v) is 17.9. The topological polar surface area (TPSA) is 85.2 Å². The van der Waals surface area contributed by atoms with Gasteiger partial charge in [0.25, 0.3) is 5.56 Å². The second kappa shape index (κ2) is 8.77. The minimum atomic E-state index is -0.409. The predicted octanol–water partition coefficient (Wildman–Crippen LogP) is 2.80. The number of benzene rings is 1. The van der Waals surface area contributed by atoms with Gasteiger partial charge in [-0.3, -0.25) is 9.20 Å². The van der Waals surface area contributed by atoms with Crippen molar-refractivity contribution in [1.29, 1.82) is 0 Å². The van der Waals surface area contributed by atoms with E-state index in [0.717, 1.165) is 11.1 Å². The number of morpholine rings is 1. The Labute approximate surface area is 180 Å². The van der Waals surface area contributed by atoms with Crippen molar-refractivity contribution in [1.82, 2.24) is 9.38 Å². The molecule has 1 fully saturated rings. The number of rotatable bonds is 5. The van der Waals surface area contributed by atoms with Gasteiger partial charge in [-0.2, -0.15) is 0 Å². The van der Waals surface area contributed by atoms with Crippen molar-refractivity contribution in [2.24, 2.45) is 0 Å². The molecule has 1 aliphatic heterocycles. The third kappa shape index (κ3) is 4.25. The van der Waals surface area contributed by atoms with Gasteiger partial charge >= 0.3 is 5.97 Å². The molecule has 1 atom stereocenters. The van der Waals surface area contributed by atoms with Gasteiger partial charge in [0.2, 0.25) is 0 Å². The molecule has 0 aliphatic carbocycles. The third-order valence-corrected chi connectivity index (χ3v) is 5.42. The summed E-state index contributed by atoms with van der Waals surface area (Å²) in [5.74, 6) is 0.244. The summed E-state index contributed by atoms with van der Waals surface area (Å²) in [6.07, 6.45) is 1.80. The molecule has 1 saturated heterocycles. The van der Waals surface area contributed by atoms with Crippen LogP contribution in [0, 0.1) is 6.92 Å². The van der Waals surface area contributed by atoms with Gasteiger partial charge in [-0.15, -0.1) is 0 Å². The van der Waals surface area contributed by atoms with E-state index in [4.69, 9.17) is 14.5 Å². The Hall–Kier alpha value is -3.39. The SMILES string of the molecule is COC(=O)c1ccccc1N[C@@H](C)c1cc(C)cn2c(=O)cc(N3CCOCC3)nc12. The van der Waals surface area contributed by atoms with E-state index in [0.29, 0.717) is 49.0 Å². The number of anilines is 2. The molecule has 0 spiro atoms. The molecule has 2 aromatic heterocycles. The predicted molar refractivity (Wildman–Crippen MR) is 119 cm³/mol. The van der Waals surface area contributed by atoms with E-state index in [1.165, 1.54) is 7.11 Å². The summed E-state index contributed by atoms with van der Waals surface area (Å²) < 4.78 is 11.9.